The zero-order valence-electron chi connectivity index (χ0n) is 19.0. The summed E-state index contributed by atoms with van der Waals surface area (Å²) in [5.74, 6) is 0.403. The molecule has 0 heterocycles. The number of benzene rings is 3. The monoisotopic (exact) mass is 498 g/mol. The lowest BCUT2D eigenvalue weighted by atomic mass is 10.0. The zero-order chi connectivity index (χ0) is 24.3. The minimum atomic E-state index is -0.676. The fourth-order valence-electron chi connectivity index (χ4n) is 3.63. The van der Waals surface area contributed by atoms with Crippen LogP contribution in [0.2, 0.25) is 10.0 Å². The van der Waals surface area contributed by atoms with Crippen molar-refractivity contribution in [2.45, 2.75) is 31.8 Å². The molecule has 3 aromatic carbocycles. The third-order valence-electron chi connectivity index (χ3n) is 5.40. The Morgan fingerprint density at radius 2 is 1.59 bits per heavy atom. The molecular formula is C27H28Cl2N2O3. The third kappa shape index (κ3) is 7.51. The van der Waals surface area contributed by atoms with Gasteiger partial charge in [-0.3, -0.25) is 9.59 Å². The minimum Gasteiger partial charge on any atom is -0.494 e. The molecule has 178 valence electrons. The molecule has 0 fully saturated rings. The molecule has 0 aliphatic rings. The smallest absolute Gasteiger partial charge is 0.242 e. The highest BCUT2D eigenvalue weighted by Crippen LogP contribution is 2.24. The van der Waals surface area contributed by atoms with Gasteiger partial charge in [-0.05, 0) is 41.8 Å². The van der Waals surface area contributed by atoms with Crippen molar-refractivity contribution < 1.29 is 14.3 Å². The maximum atomic E-state index is 13.4. The van der Waals surface area contributed by atoms with Gasteiger partial charge in [0.15, 0.2) is 0 Å². The van der Waals surface area contributed by atoms with E-state index in [1.807, 2.05) is 66.7 Å². The summed E-state index contributed by atoms with van der Waals surface area (Å²) in [5.41, 5.74) is 1.76. The predicted molar refractivity (Wildman–Crippen MR) is 136 cm³/mol. The van der Waals surface area contributed by atoms with Crippen LogP contribution in [-0.4, -0.2) is 36.4 Å². The maximum Gasteiger partial charge on any atom is 0.242 e. The fraction of sp³-hybridized carbons (Fsp3) is 0.259. The molecule has 2 amide bonds. The molecule has 1 atom stereocenters. The lowest BCUT2D eigenvalue weighted by molar-refractivity contribution is -0.141. The number of halogens is 2. The van der Waals surface area contributed by atoms with Crippen LogP contribution in [0, 0.1) is 0 Å². The number of nitrogens with one attached hydrogen (secondary N) is 1. The molecule has 1 unspecified atom stereocenters. The van der Waals surface area contributed by atoms with E-state index >= 15 is 0 Å². The molecule has 0 aliphatic heterocycles. The summed E-state index contributed by atoms with van der Waals surface area (Å²) in [4.78, 5) is 27.9. The average Bonchev–Trinajstić information content (AvgIpc) is 2.86. The lowest BCUT2D eigenvalue weighted by Crippen LogP contribution is -2.49. The van der Waals surface area contributed by atoms with Crippen LogP contribution in [0.3, 0.4) is 0 Å². The van der Waals surface area contributed by atoms with E-state index in [1.54, 1.807) is 24.1 Å². The Bertz CT molecular complexity index is 1080. The number of carbonyl (C=O) groups excluding carboxylic acids is 2. The largest absolute Gasteiger partial charge is 0.494 e. The van der Waals surface area contributed by atoms with Crippen molar-refractivity contribution in [3.63, 3.8) is 0 Å². The van der Waals surface area contributed by atoms with Gasteiger partial charge in [0.2, 0.25) is 11.8 Å². The van der Waals surface area contributed by atoms with E-state index in [-0.39, 0.29) is 24.8 Å². The first-order valence-electron chi connectivity index (χ1n) is 11.1. The lowest BCUT2D eigenvalue weighted by Gasteiger charge is -2.31. The average molecular weight is 499 g/mol. The number of para-hydroxylation sites is 1. The number of hydrogen-bond acceptors (Lipinski definition) is 3. The summed E-state index contributed by atoms with van der Waals surface area (Å²) in [6.07, 6.45) is 1.17. The Morgan fingerprint density at radius 3 is 2.24 bits per heavy atom. The predicted octanol–water partition coefficient (Wildman–Crippen LogP) is 5.54. The van der Waals surface area contributed by atoms with E-state index in [2.05, 4.69) is 5.32 Å². The summed E-state index contributed by atoms with van der Waals surface area (Å²) < 4.78 is 5.73. The van der Waals surface area contributed by atoms with E-state index in [1.165, 1.54) is 0 Å². The van der Waals surface area contributed by atoms with Gasteiger partial charge < -0.3 is 15.0 Å². The van der Waals surface area contributed by atoms with Crippen LogP contribution in [0.4, 0.5) is 0 Å². The molecule has 3 aromatic rings. The quantitative estimate of drug-likeness (QED) is 0.353. The van der Waals surface area contributed by atoms with Crippen molar-refractivity contribution in [3.05, 3.63) is 100 Å². The van der Waals surface area contributed by atoms with Gasteiger partial charge in [0.05, 0.1) is 16.7 Å². The summed E-state index contributed by atoms with van der Waals surface area (Å²) in [6.45, 7) is 0.639. The van der Waals surface area contributed by atoms with Gasteiger partial charge in [-0.25, -0.2) is 0 Å². The summed E-state index contributed by atoms with van der Waals surface area (Å²) in [5, 5.41) is 3.55. The van der Waals surface area contributed by atoms with Crippen LogP contribution in [0.25, 0.3) is 0 Å². The standard InChI is InChI=1S/C27H28Cl2N2O3/c1-30-27(33)25(18-20-9-4-2-5-10-20)31(19-21-14-15-23(28)24(29)17-21)26(32)13-8-16-34-22-11-6-3-7-12-22/h2-7,9-12,14-15,17,25H,8,13,16,18-19H2,1H3,(H,30,33). The van der Waals surface area contributed by atoms with Crippen molar-refractivity contribution in [2.24, 2.45) is 0 Å². The first kappa shape index (κ1) is 25.6. The number of likely N-dealkylation sites (N-methyl/N-ethyl adjacent to an activating group) is 1. The Hall–Kier alpha value is -3.02. The second-order valence-corrected chi connectivity index (χ2v) is 8.67. The first-order chi connectivity index (χ1) is 16.5. The maximum absolute atomic E-state index is 13.4. The van der Waals surface area contributed by atoms with Crippen LogP contribution < -0.4 is 10.1 Å². The van der Waals surface area contributed by atoms with E-state index < -0.39 is 6.04 Å². The molecule has 0 bridgehead atoms. The van der Waals surface area contributed by atoms with Crippen LogP contribution in [0.15, 0.2) is 78.9 Å². The van der Waals surface area contributed by atoms with Gasteiger partial charge in [0.25, 0.3) is 0 Å². The van der Waals surface area contributed by atoms with E-state index in [4.69, 9.17) is 27.9 Å². The van der Waals surface area contributed by atoms with Gasteiger partial charge in [0, 0.05) is 26.4 Å². The van der Waals surface area contributed by atoms with Crippen molar-refractivity contribution in [3.8, 4) is 5.75 Å². The molecule has 34 heavy (non-hydrogen) atoms. The first-order valence-corrected chi connectivity index (χ1v) is 11.9. The van der Waals surface area contributed by atoms with E-state index in [0.29, 0.717) is 29.5 Å². The Balaban J connectivity index is 1.77. The summed E-state index contributed by atoms with van der Waals surface area (Å²) >= 11 is 12.3. The molecule has 3 rings (SSSR count). The van der Waals surface area contributed by atoms with Gasteiger partial charge in [-0.1, -0.05) is 77.8 Å². The molecule has 0 aromatic heterocycles. The molecule has 0 radical (unpaired) electrons. The number of amides is 2. The normalized spacial score (nSPS) is 11.5. The second-order valence-electron chi connectivity index (χ2n) is 7.85. The van der Waals surface area contributed by atoms with Crippen molar-refractivity contribution in [1.29, 1.82) is 0 Å². The Labute approximate surface area is 210 Å². The van der Waals surface area contributed by atoms with Gasteiger partial charge in [-0.2, -0.15) is 0 Å². The zero-order valence-corrected chi connectivity index (χ0v) is 20.6. The molecule has 7 heteroatoms. The van der Waals surface area contributed by atoms with Crippen LogP contribution in [0.1, 0.15) is 24.0 Å². The minimum absolute atomic E-state index is 0.132. The second kappa shape index (κ2) is 13.0. The molecular weight excluding hydrogens is 471 g/mol. The molecule has 0 aliphatic carbocycles. The third-order valence-corrected chi connectivity index (χ3v) is 6.14. The number of nitrogens with zero attached hydrogens (tertiary/aromatic N) is 1. The highest BCUT2D eigenvalue weighted by molar-refractivity contribution is 6.42. The molecule has 5 nitrogen and oxygen atoms in total. The van der Waals surface area contributed by atoms with E-state index in [9.17, 15) is 9.59 Å². The summed E-state index contributed by atoms with van der Waals surface area (Å²) in [6, 6.07) is 23.7. The Morgan fingerprint density at radius 1 is 0.912 bits per heavy atom. The highest BCUT2D eigenvalue weighted by Gasteiger charge is 2.29. The van der Waals surface area contributed by atoms with Gasteiger partial charge >= 0.3 is 0 Å². The summed E-state index contributed by atoms with van der Waals surface area (Å²) in [7, 11) is 1.58. The fourth-order valence-corrected chi connectivity index (χ4v) is 3.95. The number of rotatable bonds is 11. The van der Waals surface area contributed by atoms with Crippen LogP contribution >= 0.6 is 23.2 Å². The number of ether oxygens (including phenoxy) is 1. The van der Waals surface area contributed by atoms with E-state index in [0.717, 1.165) is 16.9 Å². The van der Waals surface area contributed by atoms with Gasteiger partial charge in [-0.15, -0.1) is 0 Å². The number of hydrogen-bond donors (Lipinski definition) is 1. The molecule has 0 saturated heterocycles. The van der Waals surface area contributed by atoms with Crippen LogP contribution in [-0.2, 0) is 22.6 Å². The van der Waals surface area contributed by atoms with Crippen LogP contribution in [0.5, 0.6) is 5.75 Å². The SMILES string of the molecule is CNC(=O)C(Cc1ccccc1)N(Cc1ccc(Cl)c(Cl)c1)C(=O)CCCOc1ccccc1. The number of carbonyl (C=O) groups is 2. The van der Waals surface area contributed by atoms with Crippen molar-refractivity contribution in [2.75, 3.05) is 13.7 Å². The molecule has 0 spiro atoms. The van der Waals surface area contributed by atoms with Gasteiger partial charge in [0.1, 0.15) is 11.8 Å². The Kier molecular flexibility index (Phi) is 9.80. The topological polar surface area (TPSA) is 58.6 Å². The van der Waals surface area contributed by atoms with Crippen molar-refractivity contribution in [1.82, 2.24) is 10.2 Å². The van der Waals surface area contributed by atoms with Crippen molar-refractivity contribution >= 4 is 35.0 Å². The highest BCUT2D eigenvalue weighted by atomic mass is 35.5. The molecule has 1 N–H and O–H groups in total. The molecule has 0 saturated carbocycles.